The number of esters is 1. The third-order valence-corrected chi connectivity index (χ3v) is 6.33. The van der Waals surface area contributed by atoms with Gasteiger partial charge in [-0.15, -0.1) is 0 Å². The van der Waals surface area contributed by atoms with Crippen molar-refractivity contribution in [3.63, 3.8) is 0 Å². The molecule has 0 unspecified atom stereocenters. The van der Waals surface area contributed by atoms with E-state index in [9.17, 15) is 14.4 Å². The Morgan fingerprint density at radius 1 is 1.14 bits per heavy atom. The van der Waals surface area contributed by atoms with Gasteiger partial charge in [0.05, 0.1) is 32.2 Å². The van der Waals surface area contributed by atoms with E-state index in [1.807, 2.05) is 6.07 Å². The molecule has 0 saturated heterocycles. The highest BCUT2D eigenvalue weighted by molar-refractivity contribution is 6.03. The number of nitrogens with zero attached hydrogens (tertiary/aromatic N) is 2. The Labute approximate surface area is 205 Å². The minimum absolute atomic E-state index is 0.0853. The summed E-state index contributed by atoms with van der Waals surface area (Å²) in [6.07, 6.45) is 3.36. The molecular weight excluding hydrogens is 448 g/mol. The highest BCUT2D eigenvalue weighted by atomic mass is 16.5. The third kappa shape index (κ3) is 6.37. The number of anilines is 1. The second-order valence-electron chi connectivity index (χ2n) is 8.82. The summed E-state index contributed by atoms with van der Waals surface area (Å²) in [7, 11) is 1.56. The van der Waals surface area contributed by atoms with E-state index in [4.69, 9.17) is 19.2 Å². The van der Waals surface area contributed by atoms with Crippen LogP contribution in [0.4, 0.5) is 5.88 Å². The molecule has 1 aromatic heterocycles. The lowest BCUT2D eigenvalue weighted by Crippen LogP contribution is -2.40. The minimum Gasteiger partial charge on any atom is -0.462 e. The molecule has 1 aliphatic carbocycles. The maximum Gasteiger partial charge on any atom is 0.343 e. The predicted molar refractivity (Wildman–Crippen MR) is 130 cm³/mol. The molecule has 1 aromatic carbocycles. The van der Waals surface area contributed by atoms with Crippen LogP contribution in [0.3, 0.4) is 0 Å². The zero-order valence-corrected chi connectivity index (χ0v) is 20.5. The molecule has 8 heteroatoms. The van der Waals surface area contributed by atoms with E-state index >= 15 is 0 Å². The molecule has 1 saturated carbocycles. The Balaban J connectivity index is 1.98. The molecular formula is C27H32N2O6. The molecule has 0 N–H and O–H groups in total. The Kier molecular flexibility index (Phi) is 9.21. The van der Waals surface area contributed by atoms with Crippen molar-refractivity contribution in [2.24, 2.45) is 11.8 Å². The fourth-order valence-electron chi connectivity index (χ4n) is 4.30. The number of hydrogen-bond donors (Lipinski definition) is 0. The number of carbonyl (C=O) groups is 3. The van der Waals surface area contributed by atoms with Gasteiger partial charge < -0.3 is 13.9 Å². The normalized spacial score (nSPS) is 17.4. The number of amides is 1. The molecule has 186 valence electrons. The minimum atomic E-state index is -0.578. The number of hydrogen-bond acceptors (Lipinski definition) is 7. The van der Waals surface area contributed by atoms with Crippen LogP contribution in [-0.2, 0) is 14.3 Å². The number of benzene rings is 1. The van der Waals surface area contributed by atoms with Crippen LogP contribution in [0.15, 0.2) is 34.7 Å². The number of methoxy groups -OCH3 is 1. The van der Waals surface area contributed by atoms with Crippen LogP contribution >= 0.6 is 0 Å². The van der Waals surface area contributed by atoms with Gasteiger partial charge in [-0.25, -0.2) is 4.79 Å². The summed E-state index contributed by atoms with van der Waals surface area (Å²) < 4.78 is 16.6. The lowest BCUT2D eigenvalue weighted by molar-refractivity contribution is -0.123. The number of ether oxygens (including phenoxy) is 2. The van der Waals surface area contributed by atoms with E-state index in [1.165, 1.54) is 4.90 Å². The Morgan fingerprint density at radius 2 is 1.83 bits per heavy atom. The largest absolute Gasteiger partial charge is 0.462 e. The predicted octanol–water partition coefficient (Wildman–Crippen LogP) is 5.03. The molecule has 0 spiro atoms. The lowest BCUT2D eigenvalue weighted by atomic mass is 9.82. The fourth-order valence-corrected chi connectivity index (χ4v) is 4.30. The van der Waals surface area contributed by atoms with Gasteiger partial charge in [0.25, 0.3) is 0 Å². The second kappa shape index (κ2) is 12.3. The topological polar surface area (TPSA) is 110 Å². The highest BCUT2D eigenvalue weighted by Crippen LogP contribution is 2.36. The van der Waals surface area contributed by atoms with Gasteiger partial charge >= 0.3 is 5.97 Å². The first-order chi connectivity index (χ1) is 16.9. The van der Waals surface area contributed by atoms with Gasteiger partial charge in [-0.2, -0.15) is 5.26 Å². The van der Waals surface area contributed by atoms with Crippen LogP contribution in [0.25, 0.3) is 11.3 Å². The molecule has 1 fully saturated rings. The first kappa shape index (κ1) is 26.2. The van der Waals surface area contributed by atoms with Gasteiger partial charge in [-0.05, 0) is 38.5 Å². The van der Waals surface area contributed by atoms with E-state index in [1.54, 1.807) is 44.4 Å². The van der Waals surface area contributed by atoms with Crippen LogP contribution in [-0.4, -0.2) is 44.5 Å². The average molecular weight is 481 g/mol. The first-order valence-corrected chi connectivity index (χ1v) is 12.0. The molecule has 1 aliphatic rings. The quantitative estimate of drug-likeness (QED) is 0.347. The first-order valence-electron chi connectivity index (χ1n) is 12.0. The summed E-state index contributed by atoms with van der Waals surface area (Å²) >= 11 is 0. The second-order valence-corrected chi connectivity index (χ2v) is 8.82. The molecule has 2 aromatic rings. The Bertz CT molecular complexity index is 1070. The van der Waals surface area contributed by atoms with Gasteiger partial charge in [-0.3, -0.25) is 14.5 Å². The molecule has 3 rings (SSSR count). The van der Waals surface area contributed by atoms with E-state index in [-0.39, 0.29) is 55.2 Å². The summed E-state index contributed by atoms with van der Waals surface area (Å²) in [5.74, 6) is 0.0311. The number of rotatable bonds is 10. The number of ketones is 1. The molecule has 1 heterocycles. The molecule has 0 bridgehead atoms. The zero-order valence-electron chi connectivity index (χ0n) is 20.5. The van der Waals surface area contributed by atoms with Crippen molar-refractivity contribution < 1.29 is 28.3 Å². The van der Waals surface area contributed by atoms with Crippen molar-refractivity contribution >= 4 is 23.5 Å². The van der Waals surface area contributed by atoms with Crippen molar-refractivity contribution in [1.29, 1.82) is 5.26 Å². The van der Waals surface area contributed by atoms with Crippen molar-refractivity contribution in [1.82, 2.24) is 0 Å². The molecule has 0 aliphatic heterocycles. The van der Waals surface area contributed by atoms with Crippen LogP contribution in [0.1, 0.15) is 66.7 Å². The van der Waals surface area contributed by atoms with Gasteiger partial charge in [-0.1, -0.05) is 31.2 Å². The maximum absolute atomic E-state index is 13.6. The van der Waals surface area contributed by atoms with E-state index in [2.05, 4.69) is 6.92 Å². The van der Waals surface area contributed by atoms with E-state index < -0.39 is 5.97 Å². The molecule has 1 amide bonds. The molecule has 0 radical (unpaired) electrons. The summed E-state index contributed by atoms with van der Waals surface area (Å²) in [5.41, 5.74) is 1.21. The smallest absolute Gasteiger partial charge is 0.343 e. The Hall–Kier alpha value is -3.44. The van der Waals surface area contributed by atoms with Crippen molar-refractivity contribution in [2.75, 3.05) is 31.8 Å². The molecule has 8 nitrogen and oxygen atoms in total. The van der Waals surface area contributed by atoms with Crippen LogP contribution < -0.4 is 4.90 Å². The van der Waals surface area contributed by atoms with E-state index in [0.29, 0.717) is 22.8 Å². The fraction of sp³-hybridized carbons (Fsp3) is 0.481. The standard InChI is InChI=1S/C27H32N2O6/c1-4-34-27(32)22-17-24(20-11-9-19(10-12-20)23(30)13-14-28)35-26(22)29(15-16-33-3)25(31)21-7-5-18(2)6-8-21/h9-12,17-18,21H,4-8,13,15-16H2,1-3H3. The monoisotopic (exact) mass is 480 g/mol. The highest BCUT2D eigenvalue weighted by Gasteiger charge is 2.33. The summed E-state index contributed by atoms with van der Waals surface area (Å²) in [4.78, 5) is 39.9. The number of Topliss-reactive ketones (excluding diaryl/α,β-unsaturated/α-hetero) is 1. The zero-order chi connectivity index (χ0) is 25.4. The maximum atomic E-state index is 13.6. The van der Waals surface area contributed by atoms with Gasteiger partial charge in [0, 0.05) is 30.2 Å². The SMILES string of the molecule is CCOC(=O)c1cc(-c2ccc(C(=O)CC#N)cc2)oc1N(CCOC)C(=O)C1CCC(C)CC1. The summed E-state index contributed by atoms with van der Waals surface area (Å²) in [5, 5.41) is 8.75. The van der Waals surface area contributed by atoms with Gasteiger partial charge in [0.15, 0.2) is 5.78 Å². The van der Waals surface area contributed by atoms with Crippen molar-refractivity contribution in [2.45, 2.75) is 46.0 Å². The molecule has 0 atom stereocenters. The Morgan fingerprint density at radius 3 is 2.43 bits per heavy atom. The van der Waals surface area contributed by atoms with E-state index in [0.717, 1.165) is 25.7 Å². The summed E-state index contributed by atoms with van der Waals surface area (Å²) in [6.45, 7) is 4.61. The number of nitriles is 1. The average Bonchev–Trinajstić information content (AvgIpc) is 3.30. The number of carbonyl (C=O) groups excluding carboxylic acids is 3. The van der Waals surface area contributed by atoms with Crippen LogP contribution in [0, 0.1) is 23.2 Å². The third-order valence-electron chi connectivity index (χ3n) is 6.33. The van der Waals surface area contributed by atoms with Crippen molar-refractivity contribution in [3.05, 3.63) is 41.5 Å². The van der Waals surface area contributed by atoms with Gasteiger partial charge in [0.2, 0.25) is 11.8 Å². The molecule has 35 heavy (non-hydrogen) atoms. The van der Waals surface area contributed by atoms with Crippen molar-refractivity contribution in [3.8, 4) is 17.4 Å². The van der Waals surface area contributed by atoms with Gasteiger partial charge in [0.1, 0.15) is 11.3 Å². The lowest BCUT2D eigenvalue weighted by Gasteiger charge is -2.30. The van der Waals surface area contributed by atoms with Crippen LogP contribution in [0.2, 0.25) is 0 Å². The summed E-state index contributed by atoms with van der Waals surface area (Å²) in [6, 6.07) is 10.0. The number of furan rings is 1. The van der Waals surface area contributed by atoms with Crippen LogP contribution in [0.5, 0.6) is 0 Å².